The van der Waals surface area contributed by atoms with E-state index in [2.05, 4.69) is 85.8 Å². The van der Waals surface area contributed by atoms with Gasteiger partial charge in [0.2, 0.25) is 0 Å². The Morgan fingerprint density at radius 1 is 0.250 bits per heavy atom. The molecule has 20 bridgehead atoms. The maximum Gasteiger partial charge on any atom is 0.126 e. The van der Waals surface area contributed by atoms with Crippen molar-refractivity contribution < 1.29 is 85.3 Å². The van der Waals surface area contributed by atoms with Gasteiger partial charge in [0, 0.05) is 93.3 Å². The molecular weight excluding hydrogens is 1520 g/mol. The SMILES string of the molecule is CCCOCCOc1cc2cc(c1)OCCOCCOCCOCCOc1ccc(cc1)-c1ccc3ccc4ccc(nc4c3n1)-c1ccc(cc1)OCC/C=C/CCO2.NCCOCCOc1cc2cc(c1)OCCOCCOCCOCCOc1ccc(cc1)-c1ccc3ccc4ccc(nc4c3n1)-c1ccc(cc1)OCC/C=C/CCO2. The summed E-state index contributed by atoms with van der Waals surface area (Å²) < 4.78 is 105. The van der Waals surface area contributed by atoms with Crippen LogP contribution in [0.15, 0.2) is 231 Å². The second-order valence-electron chi connectivity index (χ2n) is 27.9. The summed E-state index contributed by atoms with van der Waals surface area (Å²) in [7, 11) is 0. The zero-order chi connectivity index (χ0) is 82.1. The molecule has 4 aromatic heterocycles. The molecule has 8 aromatic carbocycles. The largest absolute Gasteiger partial charge is 0.493 e. The van der Waals surface area contributed by atoms with Crippen LogP contribution in [0.4, 0.5) is 0 Å². The molecule has 23 nitrogen and oxygen atoms in total. The predicted octanol–water partition coefficient (Wildman–Crippen LogP) is 17.6. The van der Waals surface area contributed by atoms with E-state index >= 15 is 0 Å². The fourth-order valence-electron chi connectivity index (χ4n) is 12.9. The number of nitrogens with zero attached hydrogens (tertiary/aromatic N) is 4. The van der Waals surface area contributed by atoms with Crippen LogP contribution in [0.25, 0.3) is 88.6 Å². The smallest absolute Gasteiger partial charge is 0.126 e. The number of ether oxygens (including phenoxy) is 18. The first-order chi connectivity index (χ1) is 59.4. The van der Waals surface area contributed by atoms with Crippen molar-refractivity contribution in [1.82, 2.24) is 19.9 Å². The van der Waals surface area contributed by atoms with Crippen LogP contribution in [0, 0.1) is 0 Å². The van der Waals surface area contributed by atoms with Crippen LogP contribution < -0.4 is 53.1 Å². The Bertz CT molecular complexity index is 4820. The van der Waals surface area contributed by atoms with Crippen molar-refractivity contribution in [3.05, 3.63) is 231 Å². The summed E-state index contributed by atoms with van der Waals surface area (Å²) in [5.74, 6) is 7.03. The number of benzene rings is 8. The average molecular weight is 1630 g/mol. The Kier molecular flexibility index (Phi) is 34.9. The Morgan fingerprint density at radius 3 is 0.767 bits per heavy atom. The fraction of sp³-hybridized carbons (Fsp3) is 0.340. The molecule has 628 valence electrons. The second kappa shape index (κ2) is 48.5. The predicted molar refractivity (Wildman–Crippen MR) is 466 cm³/mol. The minimum Gasteiger partial charge on any atom is -0.493 e. The molecule has 0 atom stereocenters. The Hall–Kier alpha value is -11.5. The lowest BCUT2D eigenvalue weighted by Gasteiger charge is -2.13. The maximum absolute atomic E-state index is 6.09. The first kappa shape index (κ1) is 86.4. The normalized spacial score (nSPS) is 15.8. The summed E-state index contributed by atoms with van der Waals surface area (Å²) in [6, 6.07) is 68.2. The van der Waals surface area contributed by atoms with Gasteiger partial charge in [-0.15, -0.1) is 0 Å². The van der Waals surface area contributed by atoms with Crippen molar-refractivity contribution in [3.8, 4) is 103 Å². The molecule has 0 unspecified atom stereocenters. The number of fused-ring (bicyclic) bond motifs is 4. The van der Waals surface area contributed by atoms with Crippen LogP contribution in [0.2, 0.25) is 0 Å². The second-order valence-corrected chi connectivity index (χ2v) is 27.9. The van der Waals surface area contributed by atoms with Crippen LogP contribution in [-0.2, 0) is 37.9 Å². The first-order valence-corrected chi connectivity index (χ1v) is 41.5. The maximum atomic E-state index is 6.09. The average Bonchev–Trinajstić information content (AvgIpc) is 0.774. The van der Waals surface area contributed by atoms with Crippen LogP contribution in [-0.4, -0.2) is 198 Å². The van der Waals surface area contributed by atoms with Gasteiger partial charge in [0.05, 0.1) is 170 Å². The van der Waals surface area contributed by atoms with Gasteiger partial charge in [-0.2, -0.15) is 0 Å². The number of hydrogen-bond acceptors (Lipinski definition) is 23. The highest BCUT2D eigenvalue weighted by Gasteiger charge is 2.15. The zero-order valence-electron chi connectivity index (χ0n) is 68.3. The minimum atomic E-state index is 0.359. The van der Waals surface area contributed by atoms with Crippen molar-refractivity contribution in [2.24, 2.45) is 5.73 Å². The molecule has 0 radical (unpaired) electrons. The standard InChI is InChI=1S/C49H54N2O9.C48H53N3O9/c1-2-21-52-28-32-59-44-34-43-35-45(36-44)60-33-30-55-27-25-53-24-26-54-29-31-58-42-17-11-38(12-18-42)47-20-14-40-8-7-39-13-19-46(50-48(39)49(40)51-47)37-9-15-41(16-10-37)56-22-5-3-4-6-23-57-43;49-19-22-52-27-31-59-43-33-42-34-44(35-43)60-32-29-55-26-24-53-23-25-54-28-30-58-41-15-9-37(10-16-41)46-18-12-39-6-5-38-11-17-45(50-47(38)48(39)51-46)36-7-13-40(14-8-36)56-20-3-1-2-4-21-57-42/h3-4,7-20,34-36H,2,5-6,21-33H2,1H3;1-2,5-18,33-35H,3-4,19-32,49H2/b4-3+;2-1+. The van der Waals surface area contributed by atoms with Crippen molar-refractivity contribution in [2.45, 2.75) is 39.0 Å². The Morgan fingerprint density at radius 2 is 0.492 bits per heavy atom. The first-order valence-electron chi connectivity index (χ1n) is 41.5. The van der Waals surface area contributed by atoms with E-state index in [0.717, 1.165) is 144 Å². The van der Waals surface area contributed by atoms with Crippen LogP contribution in [0.5, 0.6) is 57.5 Å². The van der Waals surface area contributed by atoms with Crippen LogP contribution in [0.1, 0.15) is 39.0 Å². The monoisotopic (exact) mass is 1630 g/mol. The molecule has 10 heterocycles. The van der Waals surface area contributed by atoms with Gasteiger partial charge in [0.15, 0.2) is 0 Å². The molecule has 0 fully saturated rings. The molecule has 6 aliphatic heterocycles. The molecular formula is C97H107N5O18. The van der Waals surface area contributed by atoms with Gasteiger partial charge in [0.1, 0.15) is 97.1 Å². The highest BCUT2D eigenvalue weighted by Crippen LogP contribution is 2.35. The highest BCUT2D eigenvalue weighted by atomic mass is 16.6. The lowest BCUT2D eigenvalue weighted by molar-refractivity contribution is 0.00497. The molecule has 2 N–H and O–H groups in total. The molecule has 6 aliphatic rings. The third-order valence-electron chi connectivity index (χ3n) is 19.0. The van der Waals surface area contributed by atoms with Crippen molar-refractivity contribution in [3.63, 3.8) is 0 Å². The summed E-state index contributed by atoms with van der Waals surface area (Å²) in [4.78, 5) is 20.4. The lowest BCUT2D eigenvalue weighted by Crippen LogP contribution is -2.14. The topological polar surface area (TPSA) is 244 Å². The van der Waals surface area contributed by atoms with E-state index in [1.165, 1.54) is 0 Å². The van der Waals surface area contributed by atoms with Crippen molar-refractivity contribution >= 4 is 43.6 Å². The zero-order valence-corrected chi connectivity index (χ0v) is 68.3. The van der Waals surface area contributed by atoms with Gasteiger partial charge in [-0.1, -0.05) is 79.8 Å². The van der Waals surface area contributed by atoms with Crippen LogP contribution in [0.3, 0.4) is 0 Å². The summed E-state index contributed by atoms with van der Waals surface area (Å²) in [6.45, 7) is 14.6. The van der Waals surface area contributed by atoms with E-state index in [0.29, 0.717) is 213 Å². The van der Waals surface area contributed by atoms with Gasteiger partial charge in [0.25, 0.3) is 0 Å². The van der Waals surface area contributed by atoms with E-state index in [1.807, 2.05) is 152 Å². The van der Waals surface area contributed by atoms with Crippen LogP contribution >= 0.6 is 0 Å². The van der Waals surface area contributed by atoms with Gasteiger partial charge in [-0.05, 0) is 153 Å². The lowest BCUT2D eigenvalue weighted by atomic mass is 10.1. The van der Waals surface area contributed by atoms with Gasteiger partial charge < -0.3 is 91.0 Å². The van der Waals surface area contributed by atoms with E-state index in [1.54, 1.807) is 0 Å². The quantitative estimate of drug-likeness (QED) is 0.0679. The third-order valence-corrected chi connectivity index (χ3v) is 19.0. The van der Waals surface area contributed by atoms with E-state index in [9.17, 15) is 0 Å². The molecule has 0 amide bonds. The van der Waals surface area contributed by atoms with E-state index in [4.69, 9.17) is 111 Å². The summed E-state index contributed by atoms with van der Waals surface area (Å²) >= 11 is 0. The summed E-state index contributed by atoms with van der Waals surface area (Å²) in [5, 5.41) is 4.14. The molecule has 12 aromatic rings. The van der Waals surface area contributed by atoms with Gasteiger partial charge in [-0.3, -0.25) is 0 Å². The summed E-state index contributed by atoms with van der Waals surface area (Å²) in [5.41, 5.74) is 16.4. The summed E-state index contributed by atoms with van der Waals surface area (Å²) in [6.07, 6.45) is 12.4. The Labute approximate surface area is 701 Å². The molecule has 0 saturated carbocycles. The molecule has 0 saturated heterocycles. The molecule has 0 spiro atoms. The number of aromatic nitrogens is 4. The van der Waals surface area contributed by atoms with E-state index in [-0.39, 0.29) is 0 Å². The molecule has 18 rings (SSSR count). The molecule has 120 heavy (non-hydrogen) atoms. The minimum absolute atomic E-state index is 0.359. The number of pyridine rings is 4. The fourth-order valence-corrected chi connectivity index (χ4v) is 12.9. The number of nitrogens with two attached hydrogens (primary N) is 1. The van der Waals surface area contributed by atoms with E-state index < -0.39 is 0 Å². The number of hydrogen-bond donors (Lipinski definition) is 1. The van der Waals surface area contributed by atoms with Crippen molar-refractivity contribution in [2.75, 3.05) is 178 Å². The van der Waals surface area contributed by atoms with Gasteiger partial charge in [-0.25, -0.2) is 19.9 Å². The molecule has 23 heteroatoms. The third kappa shape index (κ3) is 27.8. The highest BCUT2D eigenvalue weighted by molar-refractivity contribution is 6.05. The van der Waals surface area contributed by atoms with Gasteiger partial charge >= 0.3 is 0 Å². The molecule has 0 aliphatic carbocycles. The van der Waals surface area contributed by atoms with Crippen molar-refractivity contribution in [1.29, 1.82) is 0 Å². The Balaban J connectivity index is 0.000000207. The number of rotatable bonds is 12.